The summed E-state index contributed by atoms with van der Waals surface area (Å²) in [7, 11) is 3.12. The predicted molar refractivity (Wildman–Crippen MR) is 150 cm³/mol. The van der Waals surface area contributed by atoms with Crippen LogP contribution in [-0.2, 0) is 23.9 Å². The van der Waals surface area contributed by atoms with Crippen LogP contribution in [0, 0.1) is 0 Å². The van der Waals surface area contributed by atoms with Crippen molar-refractivity contribution in [2.45, 2.75) is 45.5 Å². The van der Waals surface area contributed by atoms with Crippen molar-refractivity contribution in [2.24, 2.45) is 0 Å². The van der Waals surface area contributed by atoms with E-state index in [0.29, 0.717) is 37.4 Å². The average Bonchev–Trinajstić information content (AvgIpc) is 3.46. The number of methoxy groups -OCH3 is 2. The van der Waals surface area contributed by atoms with Gasteiger partial charge < -0.3 is 24.6 Å². The number of nitrogens with one attached hydrogen (secondary N) is 1. The lowest BCUT2D eigenvalue weighted by Crippen LogP contribution is -2.48. The van der Waals surface area contributed by atoms with E-state index >= 15 is 0 Å². The first-order valence-electron chi connectivity index (χ1n) is 12.8. The molecule has 0 aliphatic rings. The first-order chi connectivity index (χ1) is 19.0. The highest BCUT2D eigenvalue weighted by Crippen LogP contribution is 2.31. The first kappa shape index (κ1) is 30.8. The molecule has 40 heavy (non-hydrogen) atoms. The minimum Gasteiger partial charge on any atom is -0.493 e. The van der Waals surface area contributed by atoms with Crippen LogP contribution in [0.3, 0.4) is 0 Å². The van der Waals surface area contributed by atoms with Crippen LogP contribution in [0.1, 0.15) is 36.3 Å². The van der Waals surface area contributed by atoms with Crippen molar-refractivity contribution in [3.8, 4) is 11.5 Å². The molecular formula is C29H34F3N3O4S. The monoisotopic (exact) mass is 577 g/mol. The Hall–Kier alpha value is -3.73. The maximum Gasteiger partial charge on any atom is 0.416 e. The van der Waals surface area contributed by atoms with Gasteiger partial charge >= 0.3 is 12.2 Å². The van der Waals surface area contributed by atoms with E-state index in [1.54, 1.807) is 26.0 Å². The lowest BCUT2D eigenvalue weighted by Gasteiger charge is -2.31. The first-order valence-corrected chi connectivity index (χ1v) is 13.7. The van der Waals surface area contributed by atoms with Gasteiger partial charge in [0.25, 0.3) is 0 Å². The molecule has 3 amide bonds. The van der Waals surface area contributed by atoms with Crippen LogP contribution in [0.4, 0.5) is 23.7 Å². The summed E-state index contributed by atoms with van der Waals surface area (Å²) in [6.45, 7) is 4.20. The Morgan fingerprint density at radius 2 is 1.77 bits per heavy atom. The summed E-state index contributed by atoms with van der Waals surface area (Å²) in [5.41, 5.74) is 0.0842. The van der Waals surface area contributed by atoms with Crippen LogP contribution in [0.15, 0.2) is 60.0 Å². The molecule has 0 fully saturated rings. The number of carbonyl (C=O) groups is 2. The number of urea groups is 1. The van der Waals surface area contributed by atoms with Crippen LogP contribution in [0.2, 0.25) is 0 Å². The van der Waals surface area contributed by atoms with Gasteiger partial charge in [0, 0.05) is 23.2 Å². The van der Waals surface area contributed by atoms with Gasteiger partial charge in [-0.15, -0.1) is 11.3 Å². The second-order valence-corrected chi connectivity index (χ2v) is 10.3. The third-order valence-corrected chi connectivity index (χ3v) is 7.39. The van der Waals surface area contributed by atoms with Crippen LogP contribution in [0.25, 0.3) is 0 Å². The fraction of sp³-hybridized carbons (Fsp3) is 0.379. The molecule has 1 aromatic heterocycles. The lowest BCUT2D eigenvalue weighted by molar-refractivity contribution is -0.137. The molecule has 11 heteroatoms. The number of nitrogens with zero attached hydrogens (tertiary/aromatic N) is 2. The zero-order valence-corrected chi connectivity index (χ0v) is 23.8. The zero-order valence-electron chi connectivity index (χ0n) is 23.0. The van der Waals surface area contributed by atoms with E-state index in [4.69, 9.17) is 9.47 Å². The van der Waals surface area contributed by atoms with Crippen molar-refractivity contribution in [3.05, 3.63) is 76.0 Å². The molecule has 0 saturated heterocycles. The SMILES string of the molecule is CCC(C)N(CC(=O)N(CCc1ccc(OC)c(OC)c1)Cc1cccs1)C(=O)Nc1cccc(C(F)(F)F)c1. The molecular weight excluding hydrogens is 543 g/mol. The number of amides is 3. The van der Waals surface area contributed by atoms with Gasteiger partial charge in [0.1, 0.15) is 6.54 Å². The Morgan fingerprint density at radius 1 is 1.02 bits per heavy atom. The van der Waals surface area contributed by atoms with Gasteiger partial charge in [0.2, 0.25) is 5.91 Å². The summed E-state index contributed by atoms with van der Waals surface area (Å²) in [5.74, 6) is 0.924. The molecule has 1 atom stereocenters. The summed E-state index contributed by atoms with van der Waals surface area (Å²) in [5, 5.41) is 4.46. The quantitative estimate of drug-likeness (QED) is 0.261. The minimum absolute atomic E-state index is 0.00414. The Balaban J connectivity index is 1.77. The van der Waals surface area contributed by atoms with E-state index in [1.807, 2.05) is 42.6 Å². The van der Waals surface area contributed by atoms with Crippen molar-refractivity contribution in [1.29, 1.82) is 0 Å². The van der Waals surface area contributed by atoms with Crippen LogP contribution in [0.5, 0.6) is 11.5 Å². The number of halogens is 3. The molecule has 0 spiro atoms. The van der Waals surface area contributed by atoms with Crippen molar-refractivity contribution in [1.82, 2.24) is 9.80 Å². The number of hydrogen-bond donors (Lipinski definition) is 1. The smallest absolute Gasteiger partial charge is 0.416 e. The highest BCUT2D eigenvalue weighted by Gasteiger charge is 2.31. The fourth-order valence-electron chi connectivity index (χ4n) is 4.05. The highest BCUT2D eigenvalue weighted by atomic mass is 32.1. The van der Waals surface area contributed by atoms with Crippen molar-refractivity contribution >= 4 is 29.0 Å². The molecule has 7 nitrogen and oxygen atoms in total. The summed E-state index contributed by atoms with van der Waals surface area (Å²) < 4.78 is 50.2. The summed E-state index contributed by atoms with van der Waals surface area (Å²) in [6, 6.07) is 12.9. The van der Waals surface area contributed by atoms with E-state index in [9.17, 15) is 22.8 Å². The zero-order chi connectivity index (χ0) is 29.3. The number of thiophene rings is 1. The summed E-state index contributed by atoms with van der Waals surface area (Å²) in [4.78, 5) is 30.8. The Labute approximate surface area is 236 Å². The predicted octanol–water partition coefficient (Wildman–Crippen LogP) is 6.69. The number of rotatable bonds is 12. The molecule has 0 aliphatic heterocycles. The largest absolute Gasteiger partial charge is 0.493 e. The second-order valence-electron chi connectivity index (χ2n) is 9.23. The Kier molecular flexibility index (Phi) is 10.8. The maximum atomic E-state index is 13.6. The average molecular weight is 578 g/mol. The van der Waals surface area contributed by atoms with Crippen LogP contribution < -0.4 is 14.8 Å². The molecule has 3 aromatic rings. The van der Waals surface area contributed by atoms with Gasteiger partial charge in [0.05, 0.1) is 26.3 Å². The molecule has 0 aliphatic carbocycles. The number of benzene rings is 2. The Bertz CT molecular complexity index is 1270. The number of ether oxygens (including phenoxy) is 2. The van der Waals surface area contributed by atoms with Crippen molar-refractivity contribution < 1.29 is 32.2 Å². The van der Waals surface area contributed by atoms with Crippen LogP contribution in [-0.4, -0.2) is 55.1 Å². The van der Waals surface area contributed by atoms with E-state index in [0.717, 1.165) is 22.6 Å². The number of hydrogen-bond acceptors (Lipinski definition) is 5. The number of anilines is 1. The third-order valence-electron chi connectivity index (χ3n) is 6.53. The second kappa shape index (κ2) is 14.1. The topological polar surface area (TPSA) is 71.1 Å². The molecule has 1 N–H and O–H groups in total. The molecule has 3 rings (SSSR count). The normalized spacial score (nSPS) is 12.0. The van der Waals surface area contributed by atoms with E-state index < -0.39 is 17.8 Å². The van der Waals surface area contributed by atoms with Gasteiger partial charge in [0.15, 0.2) is 11.5 Å². The maximum absolute atomic E-state index is 13.6. The van der Waals surface area contributed by atoms with Crippen molar-refractivity contribution in [2.75, 3.05) is 32.6 Å². The molecule has 0 bridgehead atoms. The van der Waals surface area contributed by atoms with E-state index in [1.165, 1.54) is 28.4 Å². The Morgan fingerprint density at radius 3 is 2.40 bits per heavy atom. The van der Waals surface area contributed by atoms with Gasteiger partial charge in [-0.05, 0) is 67.1 Å². The standard InChI is InChI=1S/C29H34F3N3O4S/c1-5-20(2)35(28(37)33-23-9-6-8-22(17-23)29(30,31)32)19-27(36)34(18-24-10-7-15-40-24)14-13-21-11-12-25(38-3)26(16-21)39-4/h6-12,15-17,20H,5,13-14,18-19H2,1-4H3,(H,33,37). The summed E-state index contributed by atoms with van der Waals surface area (Å²) in [6.07, 6.45) is -3.44. The molecule has 216 valence electrons. The fourth-order valence-corrected chi connectivity index (χ4v) is 4.76. The van der Waals surface area contributed by atoms with Crippen LogP contribution >= 0.6 is 11.3 Å². The highest BCUT2D eigenvalue weighted by molar-refractivity contribution is 7.09. The minimum atomic E-state index is -4.54. The molecule has 1 unspecified atom stereocenters. The molecule has 0 saturated carbocycles. The molecule has 2 aromatic carbocycles. The van der Waals surface area contributed by atoms with Crippen molar-refractivity contribution in [3.63, 3.8) is 0 Å². The summed E-state index contributed by atoms with van der Waals surface area (Å²) >= 11 is 1.53. The van der Waals surface area contributed by atoms with Gasteiger partial charge in [-0.3, -0.25) is 4.79 Å². The number of alkyl halides is 3. The van der Waals surface area contributed by atoms with E-state index in [-0.39, 0.29) is 24.2 Å². The molecule has 0 radical (unpaired) electrons. The number of carbonyl (C=O) groups excluding carboxylic acids is 2. The van der Waals surface area contributed by atoms with Gasteiger partial charge in [-0.25, -0.2) is 4.79 Å². The van der Waals surface area contributed by atoms with E-state index in [2.05, 4.69) is 5.32 Å². The van der Waals surface area contributed by atoms with Gasteiger partial charge in [-0.1, -0.05) is 25.1 Å². The lowest BCUT2D eigenvalue weighted by atomic mass is 10.1. The van der Waals surface area contributed by atoms with Gasteiger partial charge in [-0.2, -0.15) is 13.2 Å². The molecule has 1 heterocycles. The third kappa shape index (κ3) is 8.38.